The van der Waals surface area contributed by atoms with Gasteiger partial charge in [-0.25, -0.2) is 4.39 Å². The van der Waals surface area contributed by atoms with Crippen molar-refractivity contribution in [2.24, 2.45) is 5.92 Å². The standard InChI is InChI=1S/C11H10FNO2/c1-2-6-10(14)7-4-3-5-8(12)9(7)13-11(6)15/h3-6H,2H2,1H3,(H,13,15). The van der Waals surface area contributed by atoms with Crippen molar-refractivity contribution in [3.63, 3.8) is 0 Å². The van der Waals surface area contributed by atoms with Crippen LogP contribution in [0.25, 0.3) is 0 Å². The lowest BCUT2D eigenvalue weighted by Gasteiger charge is -2.22. The molecule has 1 aliphatic rings. The minimum Gasteiger partial charge on any atom is -0.322 e. The minimum absolute atomic E-state index is 0.0113. The molecule has 3 nitrogen and oxygen atoms in total. The van der Waals surface area contributed by atoms with Crippen molar-refractivity contribution in [1.82, 2.24) is 0 Å². The predicted octanol–water partition coefficient (Wildman–Crippen LogP) is 1.99. The van der Waals surface area contributed by atoms with Crippen molar-refractivity contribution in [2.75, 3.05) is 5.32 Å². The number of rotatable bonds is 1. The number of hydrogen-bond donors (Lipinski definition) is 1. The molecular weight excluding hydrogens is 197 g/mol. The maximum Gasteiger partial charge on any atom is 0.235 e. The van der Waals surface area contributed by atoms with Gasteiger partial charge in [0.25, 0.3) is 0 Å². The zero-order chi connectivity index (χ0) is 11.0. The normalized spacial score (nSPS) is 19.7. The van der Waals surface area contributed by atoms with Crippen molar-refractivity contribution in [3.8, 4) is 0 Å². The van der Waals surface area contributed by atoms with Crippen LogP contribution in [-0.4, -0.2) is 11.7 Å². The summed E-state index contributed by atoms with van der Waals surface area (Å²) < 4.78 is 13.3. The van der Waals surface area contributed by atoms with E-state index < -0.39 is 17.6 Å². The molecule has 0 saturated heterocycles. The van der Waals surface area contributed by atoms with Gasteiger partial charge in [0.05, 0.1) is 5.69 Å². The molecule has 1 aliphatic heterocycles. The van der Waals surface area contributed by atoms with Crippen LogP contribution in [0.4, 0.5) is 10.1 Å². The Labute approximate surface area is 86.3 Å². The Morgan fingerprint density at radius 3 is 2.80 bits per heavy atom. The van der Waals surface area contributed by atoms with Crippen LogP contribution in [0.1, 0.15) is 23.7 Å². The Balaban J connectivity index is 2.55. The molecule has 1 amide bonds. The average molecular weight is 207 g/mol. The van der Waals surface area contributed by atoms with Gasteiger partial charge in [-0.15, -0.1) is 0 Å². The molecule has 1 aromatic rings. The molecule has 0 saturated carbocycles. The molecule has 4 heteroatoms. The lowest BCUT2D eigenvalue weighted by Crippen LogP contribution is -2.35. The molecule has 15 heavy (non-hydrogen) atoms. The first-order valence-electron chi connectivity index (χ1n) is 4.78. The first kappa shape index (κ1) is 9.83. The monoisotopic (exact) mass is 207 g/mol. The fourth-order valence-electron chi connectivity index (χ4n) is 1.74. The Morgan fingerprint density at radius 2 is 2.13 bits per heavy atom. The van der Waals surface area contributed by atoms with Gasteiger partial charge in [0.1, 0.15) is 11.7 Å². The van der Waals surface area contributed by atoms with Gasteiger partial charge in [0.2, 0.25) is 5.91 Å². The van der Waals surface area contributed by atoms with Crippen molar-refractivity contribution >= 4 is 17.4 Å². The average Bonchev–Trinajstić information content (AvgIpc) is 2.20. The molecule has 0 aromatic heterocycles. The lowest BCUT2D eigenvalue weighted by atomic mass is 9.90. The number of hydrogen-bond acceptors (Lipinski definition) is 2. The number of fused-ring (bicyclic) bond motifs is 1. The SMILES string of the molecule is CCC1C(=O)Nc2c(F)cccc2C1=O. The van der Waals surface area contributed by atoms with Crippen molar-refractivity contribution in [3.05, 3.63) is 29.6 Å². The van der Waals surface area contributed by atoms with Gasteiger partial charge >= 0.3 is 0 Å². The molecule has 0 spiro atoms. The number of carbonyl (C=O) groups excluding carboxylic acids is 2. The summed E-state index contributed by atoms with van der Waals surface area (Å²) in [6, 6.07) is 4.22. The summed E-state index contributed by atoms with van der Waals surface area (Å²) >= 11 is 0. The maximum atomic E-state index is 13.3. The van der Waals surface area contributed by atoms with E-state index in [0.29, 0.717) is 6.42 Å². The molecule has 0 fully saturated rings. The van der Waals surface area contributed by atoms with Crippen LogP contribution in [0.15, 0.2) is 18.2 Å². The second-order valence-electron chi connectivity index (χ2n) is 3.48. The Morgan fingerprint density at radius 1 is 1.40 bits per heavy atom. The van der Waals surface area contributed by atoms with Gasteiger partial charge < -0.3 is 5.32 Å². The van der Waals surface area contributed by atoms with E-state index in [1.165, 1.54) is 18.2 Å². The highest BCUT2D eigenvalue weighted by Crippen LogP contribution is 2.29. The fraction of sp³-hybridized carbons (Fsp3) is 0.273. The molecule has 1 atom stereocenters. The van der Waals surface area contributed by atoms with E-state index in [2.05, 4.69) is 5.32 Å². The molecule has 1 aromatic carbocycles. The highest BCUT2D eigenvalue weighted by molar-refractivity contribution is 6.20. The number of halogens is 1. The first-order valence-corrected chi connectivity index (χ1v) is 4.78. The molecule has 1 heterocycles. The highest BCUT2D eigenvalue weighted by Gasteiger charge is 2.33. The Kier molecular flexibility index (Phi) is 2.26. The number of Topliss-reactive ketones (excluding diaryl/α,β-unsaturated/α-hetero) is 1. The van der Waals surface area contributed by atoms with Crippen LogP contribution in [0.5, 0.6) is 0 Å². The Bertz CT molecular complexity index is 442. The minimum atomic E-state index is -0.681. The summed E-state index contributed by atoms with van der Waals surface area (Å²) in [6.07, 6.45) is 0.431. The van der Waals surface area contributed by atoms with Crippen LogP contribution >= 0.6 is 0 Å². The van der Waals surface area contributed by atoms with E-state index in [9.17, 15) is 14.0 Å². The fourth-order valence-corrected chi connectivity index (χ4v) is 1.74. The zero-order valence-corrected chi connectivity index (χ0v) is 8.21. The molecule has 0 aliphatic carbocycles. The summed E-state index contributed by atoms with van der Waals surface area (Å²) in [4.78, 5) is 23.2. The third-order valence-electron chi connectivity index (χ3n) is 2.57. The van der Waals surface area contributed by atoms with E-state index >= 15 is 0 Å². The third-order valence-corrected chi connectivity index (χ3v) is 2.57. The summed E-state index contributed by atoms with van der Waals surface area (Å²) in [5, 5.41) is 2.42. The summed E-state index contributed by atoms with van der Waals surface area (Å²) in [6.45, 7) is 1.76. The van der Waals surface area contributed by atoms with Gasteiger partial charge in [-0.05, 0) is 18.6 Å². The number of amides is 1. The van der Waals surface area contributed by atoms with E-state index in [1.807, 2.05) is 0 Å². The van der Waals surface area contributed by atoms with Crippen LogP contribution in [0.2, 0.25) is 0 Å². The quantitative estimate of drug-likeness (QED) is 0.716. The number of para-hydroxylation sites is 1. The van der Waals surface area contributed by atoms with Crippen LogP contribution < -0.4 is 5.32 Å². The number of ketones is 1. The topological polar surface area (TPSA) is 46.2 Å². The largest absolute Gasteiger partial charge is 0.322 e. The second-order valence-corrected chi connectivity index (χ2v) is 3.48. The first-order chi connectivity index (χ1) is 7.15. The number of carbonyl (C=O) groups is 2. The highest BCUT2D eigenvalue weighted by atomic mass is 19.1. The van der Waals surface area contributed by atoms with Crippen LogP contribution in [0, 0.1) is 11.7 Å². The van der Waals surface area contributed by atoms with Gasteiger partial charge in [-0.3, -0.25) is 9.59 Å². The molecular formula is C11H10FNO2. The molecule has 1 unspecified atom stereocenters. The van der Waals surface area contributed by atoms with Gasteiger partial charge in [-0.1, -0.05) is 13.0 Å². The number of nitrogens with one attached hydrogen (secondary N) is 1. The molecule has 78 valence electrons. The van der Waals surface area contributed by atoms with Crippen molar-refractivity contribution in [2.45, 2.75) is 13.3 Å². The number of anilines is 1. The molecule has 1 N–H and O–H groups in total. The molecule has 0 bridgehead atoms. The third kappa shape index (κ3) is 1.42. The lowest BCUT2D eigenvalue weighted by molar-refractivity contribution is -0.118. The van der Waals surface area contributed by atoms with Gasteiger partial charge in [-0.2, -0.15) is 0 Å². The van der Waals surface area contributed by atoms with Crippen LogP contribution in [-0.2, 0) is 4.79 Å². The summed E-state index contributed by atoms with van der Waals surface area (Å²) in [5.74, 6) is -1.96. The smallest absolute Gasteiger partial charge is 0.235 e. The van der Waals surface area contributed by atoms with E-state index in [1.54, 1.807) is 6.92 Å². The second kappa shape index (κ2) is 3.46. The maximum absolute atomic E-state index is 13.3. The summed E-state index contributed by atoms with van der Waals surface area (Å²) in [5.41, 5.74) is 0.277. The van der Waals surface area contributed by atoms with Crippen molar-refractivity contribution < 1.29 is 14.0 Å². The van der Waals surface area contributed by atoms with E-state index in [0.717, 1.165) is 0 Å². The Hall–Kier alpha value is -1.71. The molecule has 0 radical (unpaired) electrons. The summed E-state index contributed by atoms with van der Waals surface area (Å²) in [7, 11) is 0. The molecule has 2 rings (SSSR count). The van der Waals surface area contributed by atoms with Gasteiger partial charge in [0.15, 0.2) is 5.78 Å². The number of benzene rings is 1. The van der Waals surface area contributed by atoms with E-state index in [4.69, 9.17) is 0 Å². The van der Waals surface area contributed by atoms with Crippen molar-refractivity contribution in [1.29, 1.82) is 0 Å². The van der Waals surface area contributed by atoms with E-state index in [-0.39, 0.29) is 17.0 Å². The zero-order valence-electron chi connectivity index (χ0n) is 8.21. The predicted molar refractivity (Wildman–Crippen MR) is 53.1 cm³/mol. The van der Waals surface area contributed by atoms with Crippen LogP contribution in [0.3, 0.4) is 0 Å². The van der Waals surface area contributed by atoms with Gasteiger partial charge in [0, 0.05) is 5.56 Å².